The first-order chi connectivity index (χ1) is 25.1. The molecule has 0 saturated heterocycles. The zero-order valence-electron chi connectivity index (χ0n) is 32.1. The van der Waals surface area contributed by atoms with Crippen LogP contribution in [-0.2, 0) is 32.7 Å². The Bertz CT molecular complexity index is 1070. The molecule has 0 rings (SSSR count). The van der Waals surface area contributed by atoms with Gasteiger partial charge in [-0.2, -0.15) is 0 Å². The van der Waals surface area contributed by atoms with Crippen molar-refractivity contribution in [3.8, 4) is 0 Å². The molecule has 0 saturated carbocycles. The van der Waals surface area contributed by atoms with Crippen LogP contribution < -0.4 is 5.32 Å². The number of ether oxygens (including phenoxy) is 1. The van der Waals surface area contributed by atoms with E-state index in [0.717, 1.165) is 77.0 Å². The molecule has 52 heavy (non-hydrogen) atoms. The van der Waals surface area contributed by atoms with Gasteiger partial charge < -0.3 is 25.2 Å². The molecule has 0 radical (unpaired) electrons. The minimum atomic E-state index is -4.76. The molecule has 1 amide bonds. The summed E-state index contributed by atoms with van der Waals surface area (Å²) in [7, 11) is -4.76. The summed E-state index contributed by atoms with van der Waals surface area (Å²) in [4.78, 5) is 45.7. The number of aliphatic carboxylic acids is 1. The van der Waals surface area contributed by atoms with Crippen molar-refractivity contribution < 1.29 is 47.8 Å². The third kappa shape index (κ3) is 34.5. The van der Waals surface area contributed by atoms with Crippen LogP contribution in [0.5, 0.6) is 0 Å². The van der Waals surface area contributed by atoms with Gasteiger partial charge >= 0.3 is 19.8 Å². The number of unbranched alkanes of at least 4 members (excludes halogenated alkanes) is 14. The summed E-state index contributed by atoms with van der Waals surface area (Å²) >= 11 is 0. The number of carbonyl (C=O) groups excluding carboxylic acids is 2. The second kappa shape index (κ2) is 35.5. The third-order valence-corrected chi connectivity index (χ3v) is 9.05. The minimum absolute atomic E-state index is 0.108. The molecule has 0 fully saturated rings. The number of aliphatic hydroxyl groups excluding tert-OH is 1. The predicted octanol–water partition coefficient (Wildman–Crippen LogP) is 9.44. The molecule has 12 heteroatoms. The van der Waals surface area contributed by atoms with Gasteiger partial charge in [-0.05, 0) is 70.6 Å². The Morgan fingerprint density at radius 1 is 0.635 bits per heavy atom. The SMILES string of the molecule is CC/C=C\C/C=C\C/C=C\CCCCCC(=O)NC(COP(=O)(O)OCC(O)COC(=O)CCCCCCC/C=C\CCCCCCCC)C(=O)O. The number of hydrogen-bond donors (Lipinski definition) is 4. The average molecular weight is 756 g/mol. The highest BCUT2D eigenvalue weighted by Crippen LogP contribution is 2.43. The maximum absolute atomic E-state index is 12.2. The highest BCUT2D eigenvalue weighted by Gasteiger charge is 2.28. The zero-order chi connectivity index (χ0) is 38.5. The molecular weight excluding hydrogens is 685 g/mol. The lowest BCUT2D eigenvalue weighted by Gasteiger charge is -2.18. The molecule has 0 aliphatic rings. The predicted molar refractivity (Wildman–Crippen MR) is 208 cm³/mol. The standard InChI is InChI=1S/C40H70NO10P/c1-3-5-7-9-11-13-15-17-18-20-22-24-26-28-30-32-39(44)49-33-36(42)34-50-52(47,48)51-35-37(40(45)46)41-38(43)31-29-27-25-23-21-19-16-14-12-10-8-6-4-2/h6,8,12,14,17-19,21,36-37,42H,3-5,7,9-11,13,15-16,20,22-35H2,1-2H3,(H,41,43)(H,45,46)(H,47,48)/b8-6-,14-12-,18-17-,21-19-. The number of carboxylic acids is 1. The summed E-state index contributed by atoms with van der Waals surface area (Å²) in [5, 5.41) is 21.7. The molecule has 0 aromatic heterocycles. The Morgan fingerprint density at radius 2 is 1.12 bits per heavy atom. The van der Waals surface area contributed by atoms with E-state index in [1.807, 2.05) is 0 Å². The fraction of sp³-hybridized carbons (Fsp3) is 0.725. The van der Waals surface area contributed by atoms with Gasteiger partial charge in [0.15, 0.2) is 6.04 Å². The van der Waals surface area contributed by atoms with E-state index in [1.165, 1.54) is 38.5 Å². The van der Waals surface area contributed by atoms with Crippen LogP contribution >= 0.6 is 7.82 Å². The Kier molecular flexibility index (Phi) is 33.7. The number of hydrogen-bond acceptors (Lipinski definition) is 8. The quantitative estimate of drug-likeness (QED) is 0.0209. The van der Waals surface area contributed by atoms with Gasteiger partial charge in [0, 0.05) is 12.8 Å². The highest BCUT2D eigenvalue weighted by atomic mass is 31.2. The van der Waals surface area contributed by atoms with Crippen molar-refractivity contribution in [1.82, 2.24) is 5.32 Å². The van der Waals surface area contributed by atoms with Crippen LogP contribution in [0.4, 0.5) is 0 Å². The topological polar surface area (TPSA) is 169 Å². The van der Waals surface area contributed by atoms with E-state index >= 15 is 0 Å². The lowest BCUT2D eigenvalue weighted by molar-refractivity contribution is -0.147. The van der Waals surface area contributed by atoms with Crippen molar-refractivity contribution in [3.63, 3.8) is 0 Å². The maximum Gasteiger partial charge on any atom is 0.472 e. The molecule has 0 aliphatic heterocycles. The normalized spacial score (nSPS) is 14.4. The Balaban J connectivity index is 4.00. The molecule has 0 spiro atoms. The van der Waals surface area contributed by atoms with Gasteiger partial charge in [-0.25, -0.2) is 9.36 Å². The number of carbonyl (C=O) groups is 3. The molecule has 3 atom stereocenters. The lowest BCUT2D eigenvalue weighted by Crippen LogP contribution is -2.43. The van der Waals surface area contributed by atoms with Crippen LogP contribution in [-0.4, -0.2) is 64.9 Å². The van der Waals surface area contributed by atoms with E-state index < -0.39 is 57.6 Å². The summed E-state index contributed by atoms with van der Waals surface area (Å²) in [5.41, 5.74) is 0. The molecule has 0 bridgehead atoms. The number of rotatable bonds is 36. The van der Waals surface area contributed by atoms with Crippen molar-refractivity contribution in [3.05, 3.63) is 48.6 Å². The van der Waals surface area contributed by atoms with Crippen LogP contribution in [0.25, 0.3) is 0 Å². The highest BCUT2D eigenvalue weighted by molar-refractivity contribution is 7.47. The molecule has 0 aromatic rings. The second-order valence-corrected chi connectivity index (χ2v) is 14.5. The molecular formula is C40H70NO10P. The summed E-state index contributed by atoms with van der Waals surface area (Å²) in [6, 6.07) is -1.56. The number of carboxylic acid groups (broad SMARTS) is 1. The Labute approximate surface area is 314 Å². The van der Waals surface area contributed by atoms with E-state index in [-0.39, 0.29) is 12.8 Å². The molecule has 3 unspecified atom stereocenters. The molecule has 4 N–H and O–H groups in total. The van der Waals surface area contributed by atoms with Crippen LogP contribution in [0, 0.1) is 0 Å². The maximum atomic E-state index is 12.2. The van der Waals surface area contributed by atoms with E-state index in [4.69, 9.17) is 13.8 Å². The minimum Gasteiger partial charge on any atom is -0.480 e. The first-order valence-electron chi connectivity index (χ1n) is 19.7. The summed E-state index contributed by atoms with van der Waals surface area (Å²) < 4.78 is 26.7. The van der Waals surface area contributed by atoms with Crippen molar-refractivity contribution in [2.75, 3.05) is 19.8 Å². The fourth-order valence-electron chi connectivity index (χ4n) is 5.03. The Hall–Kier alpha value is -2.56. The molecule has 300 valence electrons. The monoisotopic (exact) mass is 755 g/mol. The number of phosphoric ester groups is 1. The van der Waals surface area contributed by atoms with Crippen LogP contribution in [0.1, 0.15) is 155 Å². The molecule has 0 heterocycles. The van der Waals surface area contributed by atoms with E-state index in [0.29, 0.717) is 12.8 Å². The molecule has 11 nitrogen and oxygen atoms in total. The number of amides is 1. The van der Waals surface area contributed by atoms with Gasteiger partial charge in [0.05, 0.1) is 13.2 Å². The van der Waals surface area contributed by atoms with E-state index in [2.05, 4.69) is 67.8 Å². The van der Waals surface area contributed by atoms with Gasteiger partial charge in [0.2, 0.25) is 5.91 Å². The number of esters is 1. The van der Waals surface area contributed by atoms with Crippen LogP contribution in [0.3, 0.4) is 0 Å². The molecule has 0 aromatic carbocycles. The fourth-order valence-corrected chi connectivity index (χ4v) is 5.80. The van der Waals surface area contributed by atoms with Crippen molar-refractivity contribution in [2.24, 2.45) is 0 Å². The number of aliphatic hydroxyl groups is 1. The zero-order valence-corrected chi connectivity index (χ0v) is 33.0. The third-order valence-electron chi connectivity index (χ3n) is 8.10. The van der Waals surface area contributed by atoms with E-state index in [9.17, 15) is 34.1 Å². The first kappa shape index (κ1) is 49.4. The van der Waals surface area contributed by atoms with Crippen molar-refractivity contribution >= 4 is 25.7 Å². The first-order valence-corrected chi connectivity index (χ1v) is 21.2. The van der Waals surface area contributed by atoms with Crippen LogP contribution in [0.15, 0.2) is 48.6 Å². The van der Waals surface area contributed by atoms with Crippen molar-refractivity contribution in [2.45, 2.75) is 167 Å². The molecule has 0 aliphatic carbocycles. The van der Waals surface area contributed by atoms with Gasteiger partial charge in [-0.1, -0.05) is 120 Å². The summed E-state index contributed by atoms with van der Waals surface area (Å²) in [5.74, 6) is -2.43. The average Bonchev–Trinajstić information content (AvgIpc) is 3.11. The van der Waals surface area contributed by atoms with Crippen LogP contribution in [0.2, 0.25) is 0 Å². The number of phosphoric acid groups is 1. The lowest BCUT2D eigenvalue weighted by atomic mass is 10.1. The summed E-state index contributed by atoms with van der Waals surface area (Å²) in [6.07, 6.45) is 37.2. The largest absolute Gasteiger partial charge is 0.480 e. The van der Waals surface area contributed by atoms with Gasteiger partial charge in [0.25, 0.3) is 0 Å². The Morgan fingerprint density at radius 3 is 1.71 bits per heavy atom. The van der Waals surface area contributed by atoms with Gasteiger partial charge in [-0.3, -0.25) is 18.6 Å². The smallest absolute Gasteiger partial charge is 0.472 e. The second-order valence-electron chi connectivity index (χ2n) is 13.1. The summed E-state index contributed by atoms with van der Waals surface area (Å²) in [6.45, 7) is 2.41. The number of allylic oxidation sites excluding steroid dienone is 8. The van der Waals surface area contributed by atoms with Crippen molar-refractivity contribution in [1.29, 1.82) is 0 Å². The van der Waals surface area contributed by atoms with Gasteiger partial charge in [-0.15, -0.1) is 0 Å². The van der Waals surface area contributed by atoms with Gasteiger partial charge in [0.1, 0.15) is 12.7 Å². The number of nitrogens with one attached hydrogen (secondary N) is 1. The van der Waals surface area contributed by atoms with E-state index in [1.54, 1.807) is 0 Å².